The van der Waals surface area contributed by atoms with Crippen LogP contribution in [0, 0.1) is 0 Å². The third-order valence-electron chi connectivity index (χ3n) is 4.41. The summed E-state index contributed by atoms with van der Waals surface area (Å²) in [6.07, 6.45) is 3.18. The number of pyridine rings is 1. The minimum Gasteiger partial charge on any atom is -0.327 e. The fraction of sp³-hybridized carbons (Fsp3) is 0.318. The van der Waals surface area contributed by atoms with E-state index in [0.717, 1.165) is 5.56 Å². The SMILES string of the molecule is CC(C)NC1=[N+]=CC(c2c[nH]c(=O)c(NC(=O)c3ccc(C(C)(C)C)cc3)c2)=N1. The van der Waals surface area contributed by atoms with Crippen molar-refractivity contribution in [3.8, 4) is 0 Å². The standard InChI is InChI=1S/C22H25N5O2/c1-13(2)25-21-24-12-18(27-21)15-10-17(20(29)23-11-15)26-19(28)14-6-8-16(9-7-14)22(3,4)5/h6-13H,1-5H3,(H2,23,24,25,26,27,28,29)/p+1. The first-order valence-electron chi connectivity index (χ1n) is 9.55. The van der Waals surface area contributed by atoms with E-state index in [1.54, 1.807) is 30.6 Å². The van der Waals surface area contributed by atoms with Crippen molar-refractivity contribution in [3.63, 3.8) is 0 Å². The lowest BCUT2D eigenvalue weighted by Crippen LogP contribution is -2.29. The highest BCUT2D eigenvalue weighted by atomic mass is 16.2. The van der Waals surface area contributed by atoms with Crippen LogP contribution in [0.4, 0.5) is 5.69 Å². The normalized spacial score (nSPS) is 13.3. The number of amides is 1. The van der Waals surface area contributed by atoms with Crippen molar-refractivity contribution in [2.75, 3.05) is 5.32 Å². The molecule has 1 amide bonds. The molecule has 2 aromatic rings. The van der Waals surface area contributed by atoms with E-state index < -0.39 is 0 Å². The van der Waals surface area contributed by atoms with Crippen molar-refractivity contribution in [2.24, 2.45) is 4.99 Å². The van der Waals surface area contributed by atoms with Crippen LogP contribution < -0.4 is 20.9 Å². The Bertz CT molecular complexity index is 1080. The van der Waals surface area contributed by atoms with Crippen LogP contribution in [-0.4, -0.2) is 34.8 Å². The summed E-state index contributed by atoms with van der Waals surface area (Å²) in [5, 5.41) is 5.81. The maximum Gasteiger partial charge on any atom is 0.480 e. The number of carbonyl (C=O) groups is 1. The summed E-state index contributed by atoms with van der Waals surface area (Å²) in [6, 6.07) is 9.20. The number of carbonyl (C=O) groups excluding carboxylic acids is 1. The Kier molecular flexibility index (Phi) is 5.52. The topological polar surface area (TPSA) is 100 Å². The maximum atomic E-state index is 12.6. The van der Waals surface area contributed by atoms with Gasteiger partial charge < -0.3 is 10.3 Å². The highest BCUT2D eigenvalue weighted by Crippen LogP contribution is 2.22. The maximum absolute atomic E-state index is 12.6. The minimum absolute atomic E-state index is 0.00431. The first-order valence-corrected chi connectivity index (χ1v) is 9.55. The zero-order valence-electron chi connectivity index (χ0n) is 17.3. The zero-order chi connectivity index (χ0) is 21.2. The first kappa shape index (κ1) is 20.3. The summed E-state index contributed by atoms with van der Waals surface area (Å²) >= 11 is 0. The van der Waals surface area contributed by atoms with Crippen molar-refractivity contribution in [2.45, 2.75) is 46.1 Å². The molecule has 1 aliphatic heterocycles. The van der Waals surface area contributed by atoms with Gasteiger partial charge in [0.1, 0.15) is 5.69 Å². The predicted molar refractivity (Wildman–Crippen MR) is 118 cm³/mol. The molecule has 1 aromatic heterocycles. The zero-order valence-corrected chi connectivity index (χ0v) is 17.3. The van der Waals surface area contributed by atoms with Crippen LogP contribution in [0.5, 0.6) is 0 Å². The van der Waals surface area contributed by atoms with Gasteiger partial charge in [-0.15, -0.1) is 0 Å². The van der Waals surface area contributed by atoms with Crippen LogP contribution >= 0.6 is 0 Å². The number of nitrogens with one attached hydrogen (secondary N) is 3. The number of hydrogen-bond donors (Lipinski definition) is 3. The molecule has 1 aliphatic rings. The molecule has 2 heterocycles. The summed E-state index contributed by atoms with van der Waals surface area (Å²) in [5.74, 6) is 0.176. The first-order chi connectivity index (χ1) is 13.6. The molecule has 0 spiro atoms. The quantitative estimate of drug-likeness (QED) is 0.696. The summed E-state index contributed by atoms with van der Waals surface area (Å²) in [6.45, 7) is 10.3. The molecule has 29 heavy (non-hydrogen) atoms. The molecule has 7 nitrogen and oxygen atoms in total. The number of anilines is 1. The van der Waals surface area contributed by atoms with E-state index in [2.05, 4.69) is 46.0 Å². The second kappa shape index (κ2) is 7.89. The number of hydrogen-bond acceptors (Lipinski definition) is 4. The van der Waals surface area contributed by atoms with Crippen LogP contribution in [0.25, 0.3) is 0 Å². The molecule has 0 saturated heterocycles. The van der Waals surface area contributed by atoms with Crippen LogP contribution in [0.2, 0.25) is 0 Å². The van der Waals surface area contributed by atoms with E-state index in [1.807, 2.05) is 26.0 Å². The average molecular weight is 392 g/mol. The van der Waals surface area contributed by atoms with E-state index in [-0.39, 0.29) is 28.6 Å². The van der Waals surface area contributed by atoms with Gasteiger partial charge in [0, 0.05) is 17.3 Å². The van der Waals surface area contributed by atoms with Crippen LogP contribution in [0.1, 0.15) is 56.1 Å². The highest BCUT2D eigenvalue weighted by molar-refractivity contribution is 6.42. The lowest BCUT2D eigenvalue weighted by molar-refractivity contribution is 0.102. The van der Waals surface area contributed by atoms with Crippen molar-refractivity contribution >= 4 is 29.5 Å². The third kappa shape index (κ3) is 4.89. The van der Waals surface area contributed by atoms with Gasteiger partial charge in [-0.05, 0) is 43.0 Å². The molecule has 3 rings (SSSR count). The summed E-state index contributed by atoms with van der Waals surface area (Å²) < 4.78 is 4.22. The molecule has 7 heteroatoms. The number of aromatic nitrogens is 1. The molecule has 0 fully saturated rings. The molecule has 0 saturated carbocycles. The van der Waals surface area contributed by atoms with Gasteiger partial charge in [-0.25, -0.2) is 4.67 Å². The monoisotopic (exact) mass is 392 g/mol. The number of benzene rings is 1. The molecule has 3 N–H and O–H groups in total. The Labute approximate surface area is 169 Å². The minimum atomic E-state index is -0.381. The molecule has 0 aliphatic carbocycles. The number of aliphatic imine (C=N–C) groups is 1. The van der Waals surface area contributed by atoms with Crippen molar-refractivity contribution in [1.82, 2.24) is 15.0 Å². The van der Waals surface area contributed by atoms with Crippen LogP contribution in [0.15, 0.2) is 46.3 Å². The van der Waals surface area contributed by atoms with Gasteiger partial charge in [-0.1, -0.05) is 37.9 Å². The van der Waals surface area contributed by atoms with Crippen molar-refractivity contribution in [1.29, 1.82) is 0 Å². The van der Waals surface area contributed by atoms with Gasteiger partial charge in [0.2, 0.25) is 6.21 Å². The van der Waals surface area contributed by atoms with Gasteiger partial charge in [0.05, 0.1) is 6.04 Å². The summed E-state index contributed by atoms with van der Waals surface area (Å²) in [4.78, 5) is 31.8. The van der Waals surface area contributed by atoms with E-state index in [9.17, 15) is 9.59 Å². The van der Waals surface area contributed by atoms with Gasteiger partial charge in [0.25, 0.3) is 11.5 Å². The lowest BCUT2D eigenvalue weighted by Gasteiger charge is -2.19. The Hall–Kier alpha value is -3.44. The van der Waals surface area contributed by atoms with Crippen molar-refractivity contribution in [3.05, 3.63) is 63.6 Å². The van der Waals surface area contributed by atoms with E-state index in [0.29, 0.717) is 22.8 Å². The Morgan fingerprint density at radius 1 is 1.17 bits per heavy atom. The molecule has 150 valence electrons. The molecular weight excluding hydrogens is 366 g/mol. The Balaban J connectivity index is 1.78. The molecule has 0 atom stereocenters. The second-order valence-electron chi connectivity index (χ2n) is 8.29. The number of guanidine groups is 1. The van der Waals surface area contributed by atoms with Gasteiger partial charge in [-0.2, -0.15) is 0 Å². The summed E-state index contributed by atoms with van der Waals surface area (Å²) in [5.41, 5.74) is 2.67. The smallest absolute Gasteiger partial charge is 0.327 e. The van der Waals surface area contributed by atoms with Gasteiger partial charge >= 0.3 is 5.96 Å². The number of H-pyrrole nitrogens is 1. The largest absolute Gasteiger partial charge is 0.480 e. The third-order valence-corrected chi connectivity index (χ3v) is 4.41. The van der Waals surface area contributed by atoms with Crippen molar-refractivity contribution < 1.29 is 4.79 Å². The fourth-order valence-corrected chi connectivity index (χ4v) is 2.80. The van der Waals surface area contributed by atoms with Crippen LogP contribution in [-0.2, 0) is 5.41 Å². The van der Waals surface area contributed by atoms with E-state index >= 15 is 0 Å². The molecule has 0 radical (unpaired) electrons. The predicted octanol–water partition coefficient (Wildman–Crippen LogP) is 2.22. The molecular formula is C22H26N5O2+. The fourth-order valence-electron chi connectivity index (χ4n) is 2.80. The second-order valence-corrected chi connectivity index (χ2v) is 8.29. The molecule has 0 bridgehead atoms. The average Bonchev–Trinajstić information content (AvgIpc) is 3.10. The molecule has 1 aromatic carbocycles. The number of rotatable bonds is 4. The number of aromatic amines is 1. The van der Waals surface area contributed by atoms with E-state index in [4.69, 9.17) is 0 Å². The lowest BCUT2D eigenvalue weighted by atomic mass is 9.87. The van der Waals surface area contributed by atoms with Crippen LogP contribution in [0.3, 0.4) is 0 Å². The molecule has 0 unspecified atom stereocenters. The van der Waals surface area contributed by atoms with Gasteiger partial charge in [-0.3, -0.25) is 14.9 Å². The Morgan fingerprint density at radius 3 is 2.48 bits per heavy atom. The van der Waals surface area contributed by atoms with E-state index in [1.165, 1.54) is 0 Å². The highest BCUT2D eigenvalue weighted by Gasteiger charge is 2.21. The Morgan fingerprint density at radius 2 is 1.86 bits per heavy atom. The number of nitrogens with zero attached hydrogens (tertiary/aromatic N) is 2. The summed E-state index contributed by atoms with van der Waals surface area (Å²) in [7, 11) is 0. The van der Waals surface area contributed by atoms with Gasteiger partial charge in [0.15, 0.2) is 5.71 Å².